The molecule has 3 aromatic rings. The number of amides is 1. The van der Waals surface area contributed by atoms with Gasteiger partial charge in [0.15, 0.2) is 0 Å². The van der Waals surface area contributed by atoms with Gasteiger partial charge in [-0.15, -0.1) is 11.3 Å². The van der Waals surface area contributed by atoms with Gasteiger partial charge in [-0.25, -0.2) is 12.7 Å². The summed E-state index contributed by atoms with van der Waals surface area (Å²) in [5, 5.41) is 4.35. The Kier molecular flexibility index (Phi) is 6.28. The van der Waals surface area contributed by atoms with E-state index in [9.17, 15) is 13.2 Å². The SMILES string of the molecule is Cc1ccccc1NC(=O)c1cc(S(=O)(=O)N(C)CCc2ccccc2)cs1. The van der Waals surface area contributed by atoms with Crippen molar-refractivity contribution in [1.29, 1.82) is 0 Å². The van der Waals surface area contributed by atoms with Crippen LogP contribution < -0.4 is 5.32 Å². The summed E-state index contributed by atoms with van der Waals surface area (Å²) in [6.07, 6.45) is 0.626. The fourth-order valence-electron chi connectivity index (χ4n) is 2.70. The number of hydrogen-bond acceptors (Lipinski definition) is 4. The maximum Gasteiger partial charge on any atom is 0.265 e. The zero-order valence-electron chi connectivity index (χ0n) is 15.8. The zero-order chi connectivity index (χ0) is 20.1. The molecule has 0 atom stereocenters. The lowest BCUT2D eigenvalue weighted by molar-refractivity contribution is 0.103. The maximum absolute atomic E-state index is 12.8. The number of rotatable bonds is 7. The topological polar surface area (TPSA) is 66.5 Å². The lowest BCUT2D eigenvalue weighted by Crippen LogP contribution is -2.28. The molecule has 0 aliphatic carbocycles. The maximum atomic E-state index is 12.8. The number of carbonyl (C=O) groups is 1. The summed E-state index contributed by atoms with van der Waals surface area (Å²) in [7, 11) is -2.08. The molecule has 0 aliphatic heterocycles. The van der Waals surface area contributed by atoms with Gasteiger partial charge in [-0.2, -0.15) is 0 Å². The van der Waals surface area contributed by atoms with Crippen molar-refractivity contribution < 1.29 is 13.2 Å². The average molecular weight is 415 g/mol. The van der Waals surface area contributed by atoms with Gasteiger partial charge in [0, 0.05) is 24.7 Å². The first-order chi connectivity index (χ1) is 13.4. The third-order valence-electron chi connectivity index (χ3n) is 4.46. The van der Waals surface area contributed by atoms with Crippen LogP contribution in [0.15, 0.2) is 70.9 Å². The number of carbonyl (C=O) groups excluding carboxylic acids is 1. The molecule has 2 aromatic carbocycles. The molecule has 1 aromatic heterocycles. The van der Waals surface area contributed by atoms with Crippen LogP contribution in [0.25, 0.3) is 0 Å². The Labute approximate surface area is 169 Å². The van der Waals surface area contributed by atoms with Crippen molar-refractivity contribution in [2.45, 2.75) is 18.2 Å². The molecule has 0 fully saturated rings. The highest BCUT2D eigenvalue weighted by atomic mass is 32.2. The Morgan fingerprint density at radius 1 is 1.07 bits per heavy atom. The van der Waals surface area contributed by atoms with Crippen molar-refractivity contribution in [2.75, 3.05) is 18.9 Å². The van der Waals surface area contributed by atoms with Crippen molar-refractivity contribution in [3.63, 3.8) is 0 Å². The van der Waals surface area contributed by atoms with E-state index in [-0.39, 0.29) is 10.8 Å². The Bertz CT molecular complexity index is 1060. The van der Waals surface area contributed by atoms with Gasteiger partial charge in [-0.3, -0.25) is 4.79 Å². The molecular weight excluding hydrogens is 392 g/mol. The van der Waals surface area contributed by atoms with E-state index in [1.54, 1.807) is 7.05 Å². The number of hydrogen-bond donors (Lipinski definition) is 1. The van der Waals surface area contributed by atoms with Gasteiger partial charge in [0.05, 0.1) is 9.77 Å². The predicted molar refractivity (Wildman–Crippen MR) is 113 cm³/mol. The highest BCUT2D eigenvalue weighted by molar-refractivity contribution is 7.89. The van der Waals surface area contributed by atoms with Crippen LogP contribution in [0.4, 0.5) is 5.69 Å². The summed E-state index contributed by atoms with van der Waals surface area (Å²) >= 11 is 1.12. The van der Waals surface area contributed by atoms with E-state index in [0.29, 0.717) is 23.5 Å². The first kappa shape index (κ1) is 20.3. The monoisotopic (exact) mass is 414 g/mol. The molecular formula is C21H22N2O3S2. The zero-order valence-corrected chi connectivity index (χ0v) is 17.4. The van der Waals surface area contributed by atoms with E-state index < -0.39 is 10.0 Å². The largest absolute Gasteiger partial charge is 0.321 e. The Morgan fingerprint density at radius 2 is 1.75 bits per heavy atom. The molecule has 7 heteroatoms. The Morgan fingerprint density at radius 3 is 2.46 bits per heavy atom. The fourth-order valence-corrected chi connectivity index (χ4v) is 5.03. The van der Waals surface area contributed by atoms with Crippen LogP contribution in [0.2, 0.25) is 0 Å². The van der Waals surface area contributed by atoms with Crippen molar-refractivity contribution in [2.24, 2.45) is 0 Å². The number of thiophene rings is 1. The number of nitrogens with one attached hydrogen (secondary N) is 1. The predicted octanol–water partition coefficient (Wildman–Crippen LogP) is 4.17. The second-order valence-corrected chi connectivity index (χ2v) is 9.43. The Hall–Kier alpha value is -2.48. The van der Waals surface area contributed by atoms with E-state index in [4.69, 9.17) is 0 Å². The van der Waals surface area contributed by atoms with Gasteiger partial charge >= 0.3 is 0 Å². The normalized spacial score (nSPS) is 11.5. The van der Waals surface area contributed by atoms with Gasteiger partial charge in [0.25, 0.3) is 5.91 Å². The fraction of sp³-hybridized carbons (Fsp3) is 0.190. The highest BCUT2D eigenvalue weighted by Crippen LogP contribution is 2.24. The number of nitrogens with zero attached hydrogens (tertiary/aromatic N) is 1. The first-order valence-electron chi connectivity index (χ1n) is 8.84. The quantitative estimate of drug-likeness (QED) is 0.631. The number of sulfonamides is 1. The molecule has 0 spiro atoms. The van der Waals surface area contributed by atoms with Crippen LogP contribution in [0.3, 0.4) is 0 Å². The summed E-state index contributed by atoms with van der Waals surface area (Å²) in [5.74, 6) is -0.312. The third kappa shape index (κ3) is 4.67. The molecule has 0 saturated carbocycles. The van der Waals surface area contributed by atoms with E-state index >= 15 is 0 Å². The molecule has 0 bridgehead atoms. The van der Waals surface area contributed by atoms with Gasteiger partial charge < -0.3 is 5.32 Å². The second-order valence-electron chi connectivity index (χ2n) is 6.48. The van der Waals surface area contributed by atoms with Crippen LogP contribution in [0.5, 0.6) is 0 Å². The standard InChI is InChI=1S/C21H22N2O3S2/c1-16-8-6-7-11-19(16)22-21(24)20-14-18(15-27-20)28(25,26)23(2)13-12-17-9-4-3-5-10-17/h3-11,14-15H,12-13H2,1-2H3,(H,22,24). The van der Waals surface area contributed by atoms with Crippen LogP contribution in [0.1, 0.15) is 20.8 Å². The van der Waals surface area contributed by atoms with Crippen LogP contribution >= 0.6 is 11.3 Å². The van der Waals surface area contributed by atoms with E-state index in [1.807, 2.05) is 61.5 Å². The van der Waals surface area contributed by atoms with Crippen LogP contribution in [0, 0.1) is 6.92 Å². The number of likely N-dealkylation sites (N-methyl/N-ethyl adjacent to an activating group) is 1. The van der Waals surface area contributed by atoms with Crippen molar-refractivity contribution in [3.8, 4) is 0 Å². The van der Waals surface area contributed by atoms with E-state index in [2.05, 4.69) is 5.32 Å². The molecule has 1 amide bonds. The highest BCUT2D eigenvalue weighted by Gasteiger charge is 2.23. The number of para-hydroxylation sites is 1. The average Bonchev–Trinajstić information content (AvgIpc) is 3.20. The van der Waals surface area contributed by atoms with E-state index in [1.165, 1.54) is 15.8 Å². The summed E-state index contributed by atoms with van der Waals surface area (Å²) in [5.41, 5.74) is 2.74. The van der Waals surface area contributed by atoms with Gasteiger partial charge in [-0.1, -0.05) is 48.5 Å². The van der Waals surface area contributed by atoms with Crippen molar-refractivity contribution in [1.82, 2.24) is 4.31 Å². The third-order valence-corrected chi connectivity index (χ3v) is 7.37. The minimum Gasteiger partial charge on any atom is -0.321 e. The minimum atomic E-state index is -3.64. The lowest BCUT2D eigenvalue weighted by Gasteiger charge is -2.16. The van der Waals surface area contributed by atoms with E-state index in [0.717, 1.165) is 22.5 Å². The molecule has 0 unspecified atom stereocenters. The molecule has 1 N–H and O–H groups in total. The molecule has 0 radical (unpaired) electrons. The molecule has 5 nitrogen and oxygen atoms in total. The molecule has 1 heterocycles. The van der Waals surface area contributed by atoms with Gasteiger partial charge in [-0.05, 0) is 36.6 Å². The first-order valence-corrected chi connectivity index (χ1v) is 11.2. The van der Waals surface area contributed by atoms with Crippen molar-refractivity contribution in [3.05, 3.63) is 82.0 Å². The second kappa shape index (κ2) is 8.68. The number of aryl methyl sites for hydroxylation is 1. The van der Waals surface area contributed by atoms with Gasteiger partial charge in [0.2, 0.25) is 10.0 Å². The number of anilines is 1. The number of benzene rings is 2. The molecule has 146 valence electrons. The summed E-state index contributed by atoms with van der Waals surface area (Å²) in [6, 6.07) is 18.6. The minimum absolute atomic E-state index is 0.142. The summed E-state index contributed by atoms with van der Waals surface area (Å²) in [4.78, 5) is 13.0. The lowest BCUT2D eigenvalue weighted by atomic mass is 10.2. The smallest absolute Gasteiger partial charge is 0.265 e. The molecule has 3 rings (SSSR count). The summed E-state index contributed by atoms with van der Waals surface area (Å²) < 4.78 is 26.9. The molecule has 0 saturated heterocycles. The molecule has 0 aliphatic rings. The van der Waals surface area contributed by atoms with Crippen molar-refractivity contribution >= 4 is 33.0 Å². The van der Waals surface area contributed by atoms with Crippen LogP contribution in [-0.2, 0) is 16.4 Å². The molecule has 28 heavy (non-hydrogen) atoms. The summed E-state index contributed by atoms with van der Waals surface area (Å²) in [6.45, 7) is 2.27. The van der Waals surface area contributed by atoms with Crippen LogP contribution in [-0.4, -0.2) is 32.2 Å². The van der Waals surface area contributed by atoms with Gasteiger partial charge in [0.1, 0.15) is 0 Å². The Balaban J connectivity index is 1.69.